The summed E-state index contributed by atoms with van der Waals surface area (Å²) >= 11 is 0. The summed E-state index contributed by atoms with van der Waals surface area (Å²) in [6, 6.07) is 3.89. The minimum Gasteiger partial charge on any atom is -0.376 e. The van der Waals surface area contributed by atoms with E-state index in [1.54, 1.807) is 18.6 Å². The fourth-order valence-corrected chi connectivity index (χ4v) is 2.94. The zero-order valence-electron chi connectivity index (χ0n) is 14.5. The van der Waals surface area contributed by atoms with E-state index in [4.69, 9.17) is 9.47 Å². The van der Waals surface area contributed by atoms with E-state index in [0.29, 0.717) is 32.9 Å². The Balaban J connectivity index is 1.61. The molecule has 0 spiro atoms. The van der Waals surface area contributed by atoms with Gasteiger partial charge in [-0.25, -0.2) is 4.98 Å². The Kier molecular flexibility index (Phi) is 6.14. The molecule has 0 fully saturated rings. The van der Waals surface area contributed by atoms with Gasteiger partial charge in [0.15, 0.2) is 0 Å². The maximum atomic E-state index is 12.4. The van der Waals surface area contributed by atoms with Crippen LogP contribution in [-0.2, 0) is 34.0 Å². The summed E-state index contributed by atoms with van der Waals surface area (Å²) in [6.07, 6.45) is 7.29. The van der Waals surface area contributed by atoms with E-state index >= 15 is 0 Å². The van der Waals surface area contributed by atoms with Gasteiger partial charge in [-0.1, -0.05) is 6.07 Å². The minimum atomic E-state index is -0.00411. The second-order valence-corrected chi connectivity index (χ2v) is 6.15. The third-order valence-corrected chi connectivity index (χ3v) is 4.19. The van der Waals surface area contributed by atoms with Crippen LogP contribution in [0.15, 0.2) is 36.9 Å². The summed E-state index contributed by atoms with van der Waals surface area (Å²) in [5, 5.41) is 0. The maximum absolute atomic E-state index is 12.4. The number of imidazole rings is 1. The maximum Gasteiger partial charge on any atom is 0.248 e. The van der Waals surface area contributed by atoms with E-state index in [0.717, 1.165) is 17.9 Å². The van der Waals surface area contributed by atoms with Crippen LogP contribution in [0.4, 0.5) is 0 Å². The van der Waals surface area contributed by atoms with Crippen LogP contribution in [0.25, 0.3) is 0 Å². The normalized spacial score (nSPS) is 17.2. The first-order valence-corrected chi connectivity index (χ1v) is 8.58. The van der Waals surface area contributed by atoms with Gasteiger partial charge in [-0.05, 0) is 18.6 Å². The smallest absolute Gasteiger partial charge is 0.248 e. The van der Waals surface area contributed by atoms with Crippen molar-refractivity contribution in [3.63, 3.8) is 0 Å². The summed E-state index contributed by atoms with van der Waals surface area (Å²) in [6.45, 7) is 5.57. The first kappa shape index (κ1) is 17.6. The number of pyridine rings is 1. The number of carbonyl (C=O) groups is 1. The minimum absolute atomic E-state index is 0.00411. The molecule has 1 aliphatic heterocycles. The van der Waals surface area contributed by atoms with Gasteiger partial charge in [0.25, 0.3) is 0 Å². The molecule has 134 valence electrons. The molecule has 2 aromatic rings. The van der Waals surface area contributed by atoms with Crippen molar-refractivity contribution in [2.75, 3.05) is 26.4 Å². The van der Waals surface area contributed by atoms with Crippen LogP contribution in [0.5, 0.6) is 0 Å². The molecule has 3 rings (SSSR count). The van der Waals surface area contributed by atoms with E-state index in [2.05, 4.69) is 14.5 Å². The number of ether oxygens (including phenoxy) is 2. The van der Waals surface area contributed by atoms with Gasteiger partial charge in [0.2, 0.25) is 5.91 Å². The summed E-state index contributed by atoms with van der Waals surface area (Å²) in [5.74, 6) is 1.10. The van der Waals surface area contributed by atoms with Gasteiger partial charge >= 0.3 is 0 Å². The van der Waals surface area contributed by atoms with Crippen molar-refractivity contribution in [2.45, 2.75) is 26.6 Å². The predicted octanol–water partition coefficient (Wildman–Crippen LogP) is 1.49. The second-order valence-electron chi connectivity index (χ2n) is 6.15. The number of nitrogens with zero attached hydrogens (tertiary/aromatic N) is 4. The van der Waals surface area contributed by atoms with Crippen molar-refractivity contribution in [3.8, 4) is 0 Å². The Bertz CT molecular complexity index is 674. The topological polar surface area (TPSA) is 69.5 Å². The number of fused-ring (bicyclic) bond motifs is 1. The van der Waals surface area contributed by atoms with Crippen molar-refractivity contribution in [1.82, 2.24) is 19.4 Å². The standard InChI is InChI=1S/C18H24N4O3/c1-2-24-14-18(23)22-10-16(9-21-7-6-20-17(21)11-22)13-25-12-15-4-3-5-19-8-15/h3-8,16H,2,9-14H2,1H3. The molecule has 1 atom stereocenters. The lowest BCUT2D eigenvalue weighted by Gasteiger charge is -2.24. The Hall–Kier alpha value is -2.25. The molecule has 0 saturated carbocycles. The zero-order chi connectivity index (χ0) is 17.5. The number of hydrogen-bond donors (Lipinski definition) is 0. The number of rotatable bonds is 7. The quantitative estimate of drug-likeness (QED) is 0.761. The van der Waals surface area contributed by atoms with E-state index in [1.165, 1.54) is 0 Å². The Morgan fingerprint density at radius 1 is 1.32 bits per heavy atom. The van der Waals surface area contributed by atoms with Gasteiger partial charge in [-0.15, -0.1) is 0 Å². The molecule has 2 aromatic heterocycles. The third kappa shape index (κ3) is 4.87. The highest BCUT2D eigenvalue weighted by atomic mass is 16.5. The summed E-state index contributed by atoms with van der Waals surface area (Å²) in [4.78, 5) is 22.7. The Labute approximate surface area is 147 Å². The van der Waals surface area contributed by atoms with E-state index in [9.17, 15) is 4.79 Å². The second kappa shape index (κ2) is 8.73. The average Bonchev–Trinajstić information content (AvgIpc) is 2.99. The van der Waals surface area contributed by atoms with Gasteiger partial charge in [-0.2, -0.15) is 0 Å². The molecule has 7 heteroatoms. The molecule has 0 N–H and O–H groups in total. The molecule has 1 amide bonds. The first-order valence-electron chi connectivity index (χ1n) is 8.58. The lowest BCUT2D eigenvalue weighted by molar-refractivity contribution is -0.137. The van der Waals surface area contributed by atoms with Crippen LogP contribution in [0.3, 0.4) is 0 Å². The number of carbonyl (C=O) groups excluding carboxylic acids is 1. The van der Waals surface area contributed by atoms with Crippen LogP contribution in [0.1, 0.15) is 18.3 Å². The van der Waals surface area contributed by atoms with Crippen LogP contribution in [0, 0.1) is 5.92 Å². The van der Waals surface area contributed by atoms with Gasteiger partial charge in [-0.3, -0.25) is 9.78 Å². The Morgan fingerprint density at radius 3 is 3.04 bits per heavy atom. The lowest BCUT2D eigenvalue weighted by atomic mass is 10.1. The largest absolute Gasteiger partial charge is 0.376 e. The molecule has 3 heterocycles. The van der Waals surface area contributed by atoms with E-state index in [1.807, 2.05) is 30.2 Å². The van der Waals surface area contributed by atoms with Crippen LogP contribution < -0.4 is 0 Å². The van der Waals surface area contributed by atoms with Gasteiger partial charge in [0, 0.05) is 50.4 Å². The third-order valence-electron chi connectivity index (χ3n) is 4.19. The molecular weight excluding hydrogens is 320 g/mol. The van der Waals surface area contributed by atoms with Crippen LogP contribution in [-0.4, -0.2) is 51.7 Å². The monoisotopic (exact) mass is 344 g/mol. The number of hydrogen-bond acceptors (Lipinski definition) is 5. The number of aromatic nitrogens is 3. The van der Waals surface area contributed by atoms with E-state index < -0.39 is 0 Å². The molecular formula is C18H24N4O3. The molecule has 1 aliphatic rings. The highest BCUT2D eigenvalue weighted by Crippen LogP contribution is 2.16. The molecule has 0 radical (unpaired) electrons. The van der Waals surface area contributed by atoms with Crippen molar-refractivity contribution < 1.29 is 14.3 Å². The van der Waals surface area contributed by atoms with Gasteiger partial charge < -0.3 is 18.9 Å². The SMILES string of the molecule is CCOCC(=O)N1Cc2nccn2CC(COCc2cccnc2)C1. The van der Waals surface area contributed by atoms with Crippen molar-refractivity contribution >= 4 is 5.91 Å². The molecule has 7 nitrogen and oxygen atoms in total. The Morgan fingerprint density at radius 2 is 2.24 bits per heavy atom. The predicted molar refractivity (Wildman–Crippen MR) is 91.5 cm³/mol. The lowest BCUT2D eigenvalue weighted by Crippen LogP contribution is -2.37. The van der Waals surface area contributed by atoms with Crippen molar-refractivity contribution in [3.05, 3.63) is 48.3 Å². The fraction of sp³-hybridized carbons (Fsp3) is 0.500. The fourth-order valence-electron chi connectivity index (χ4n) is 2.94. The van der Waals surface area contributed by atoms with Crippen molar-refractivity contribution in [2.24, 2.45) is 5.92 Å². The number of amides is 1. The van der Waals surface area contributed by atoms with Crippen LogP contribution in [0.2, 0.25) is 0 Å². The molecule has 1 unspecified atom stereocenters. The summed E-state index contributed by atoms with van der Waals surface area (Å²) in [5.41, 5.74) is 1.05. The molecule has 25 heavy (non-hydrogen) atoms. The molecule has 0 bridgehead atoms. The van der Waals surface area contributed by atoms with Crippen LogP contribution >= 0.6 is 0 Å². The molecule has 0 aliphatic carbocycles. The molecule has 0 aromatic carbocycles. The summed E-state index contributed by atoms with van der Waals surface area (Å²) < 4.78 is 13.3. The zero-order valence-corrected chi connectivity index (χ0v) is 14.5. The molecule has 0 saturated heterocycles. The van der Waals surface area contributed by atoms with Gasteiger partial charge in [0.05, 0.1) is 19.8 Å². The summed E-state index contributed by atoms with van der Waals surface area (Å²) in [7, 11) is 0. The highest BCUT2D eigenvalue weighted by molar-refractivity contribution is 5.77. The average molecular weight is 344 g/mol. The first-order chi connectivity index (χ1) is 12.3. The van der Waals surface area contributed by atoms with Crippen molar-refractivity contribution in [1.29, 1.82) is 0 Å². The van der Waals surface area contributed by atoms with E-state index in [-0.39, 0.29) is 18.4 Å². The van der Waals surface area contributed by atoms with Gasteiger partial charge in [0.1, 0.15) is 12.4 Å². The highest BCUT2D eigenvalue weighted by Gasteiger charge is 2.25.